The van der Waals surface area contributed by atoms with Gasteiger partial charge < -0.3 is 14.8 Å². The molecular formula is C22H25N5O5S2. The van der Waals surface area contributed by atoms with Crippen LogP contribution < -0.4 is 10.1 Å². The number of ether oxygens (including phenoxy) is 2. The van der Waals surface area contributed by atoms with Gasteiger partial charge in [0.2, 0.25) is 15.2 Å². The molecular weight excluding hydrogens is 478 g/mol. The van der Waals surface area contributed by atoms with Gasteiger partial charge in [-0.25, -0.2) is 13.4 Å². The highest BCUT2D eigenvalue weighted by Gasteiger charge is 2.30. The maximum atomic E-state index is 13.1. The monoisotopic (exact) mass is 503 g/mol. The molecule has 0 unspecified atom stereocenters. The van der Waals surface area contributed by atoms with Gasteiger partial charge in [-0.2, -0.15) is 4.31 Å². The SMILES string of the molecule is COc1ccc(C(=O)NCCSc2n[nH]c(-c3ccccc3)n2)cc1S(=O)(=O)N1CCOCC1. The topological polar surface area (TPSA) is 127 Å². The van der Waals surface area contributed by atoms with Crippen molar-refractivity contribution in [2.45, 2.75) is 10.1 Å². The highest BCUT2D eigenvalue weighted by molar-refractivity contribution is 7.99. The first-order valence-corrected chi connectivity index (χ1v) is 13.1. The van der Waals surface area contributed by atoms with Crippen LogP contribution in [0.3, 0.4) is 0 Å². The number of hydrogen-bond acceptors (Lipinski definition) is 8. The van der Waals surface area contributed by atoms with Gasteiger partial charge in [0.25, 0.3) is 5.91 Å². The number of carbonyl (C=O) groups excluding carboxylic acids is 1. The van der Waals surface area contributed by atoms with Gasteiger partial charge in [0.15, 0.2) is 5.82 Å². The Hall–Kier alpha value is -2.93. The van der Waals surface area contributed by atoms with Crippen LogP contribution in [0.25, 0.3) is 11.4 Å². The largest absolute Gasteiger partial charge is 0.495 e. The van der Waals surface area contributed by atoms with Crippen molar-refractivity contribution in [3.05, 3.63) is 54.1 Å². The second kappa shape index (κ2) is 11.0. The van der Waals surface area contributed by atoms with Gasteiger partial charge in [0.1, 0.15) is 10.6 Å². The number of carbonyl (C=O) groups is 1. The van der Waals surface area contributed by atoms with Gasteiger partial charge in [-0.1, -0.05) is 42.1 Å². The standard InChI is InChI=1S/C22H25N5O5S2/c1-31-18-8-7-17(15-19(18)34(29,30)27-10-12-32-13-11-27)21(28)23-9-14-33-22-24-20(25-26-22)16-5-3-2-4-6-16/h2-8,15H,9-14H2,1H3,(H,23,28)(H,24,25,26). The third-order valence-corrected chi connectivity index (χ3v) is 7.91. The van der Waals surface area contributed by atoms with E-state index in [1.165, 1.54) is 35.3 Å². The van der Waals surface area contributed by atoms with E-state index in [9.17, 15) is 13.2 Å². The van der Waals surface area contributed by atoms with Crippen molar-refractivity contribution < 1.29 is 22.7 Å². The number of hydrogen-bond donors (Lipinski definition) is 2. The van der Waals surface area contributed by atoms with Gasteiger partial charge in [0, 0.05) is 36.5 Å². The van der Waals surface area contributed by atoms with E-state index in [1.807, 2.05) is 30.3 Å². The molecule has 0 aliphatic carbocycles. The molecule has 2 N–H and O–H groups in total. The minimum absolute atomic E-state index is 0.0342. The first-order valence-electron chi connectivity index (χ1n) is 10.6. The molecule has 1 amide bonds. The van der Waals surface area contributed by atoms with Crippen LogP contribution in [0.2, 0.25) is 0 Å². The van der Waals surface area contributed by atoms with E-state index in [0.29, 0.717) is 36.5 Å². The lowest BCUT2D eigenvalue weighted by atomic mass is 10.2. The molecule has 180 valence electrons. The van der Waals surface area contributed by atoms with Crippen LogP contribution in [0, 0.1) is 0 Å². The lowest BCUT2D eigenvalue weighted by Gasteiger charge is -2.26. The molecule has 0 bridgehead atoms. The average Bonchev–Trinajstić information content (AvgIpc) is 3.36. The average molecular weight is 504 g/mol. The summed E-state index contributed by atoms with van der Waals surface area (Å²) in [7, 11) is -2.42. The Kier molecular flexibility index (Phi) is 7.83. The number of aromatic amines is 1. The molecule has 2 heterocycles. The molecule has 10 nitrogen and oxygen atoms in total. The molecule has 1 fully saturated rings. The van der Waals surface area contributed by atoms with E-state index in [2.05, 4.69) is 20.5 Å². The zero-order valence-corrected chi connectivity index (χ0v) is 20.2. The fraction of sp³-hybridized carbons (Fsp3) is 0.318. The van der Waals surface area contributed by atoms with E-state index >= 15 is 0 Å². The van der Waals surface area contributed by atoms with Crippen LogP contribution >= 0.6 is 11.8 Å². The predicted octanol–water partition coefficient (Wildman–Crippen LogP) is 2.02. The summed E-state index contributed by atoms with van der Waals surface area (Å²) in [6, 6.07) is 14.1. The number of benzene rings is 2. The molecule has 0 spiro atoms. The molecule has 0 saturated carbocycles. The number of morpholine rings is 1. The fourth-order valence-electron chi connectivity index (χ4n) is 3.39. The van der Waals surface area contributed by atoms with Crippen LogP contribution in [0.4, 0.5) is 0 Å². The lowest BCUT2D eigenvalue weighted by molar-refractivity contribution is 0.0729. The van der Waals surface area contributed by atoms with E-state index in [0.717, 1.165) is 5.56 Å². The molecule has 0 radical (unpaired) electrons. The van der Waals surface area contributed by atoms with Gasteiger partial charge in [0.05, 0.1) is 20.3 Å². The Labute approximate surface area is 202 Å². The van der Waals surface area contributed by atoms with Crippen molar-refractivity contribution >= 4 is 27.7 Å². The quantitative estimate of drug-likeness (QED) is 0.336. The third kappa shape index (κ3) is 5.58. The maximum Gasteiger partial charge on any atom is 0.251 e. The normalized spacial score (nSPS) is 14.6. The first-order chi connectivity index (χ1) is 16.5. The summed E-state index contributed by atoms with van der Waals surface area (Å²) >= 11 is 1.40. The van der Waals surface area contributed by atoms with Crippen molar-refractivity contribution in [2.24, 2.45) is 0 Å². The number of nitrogens with one attached hydrogen (secondary N) is 2. The zero-order valence-electron chi connectivity index (χ0n) is 18.6. The summed E-state index contributed by atoms with van der Waals surface area (Å²) in [5, 5.41) is 10.5. The molecule has 1 saturated heterocycles. The number of methoxy groups -OCH3 is 1. The second-order valence-electron chi connectivity index (χ2n) is 7.32. The highest BCUT2D eigenvalue weighted by atomic mass is 32.2. The number of aromatic nitrogens is 3. The Morgan fingerprint density at radius 3 is 2.71 bits per heavy atom. The fourth-order valence-corrected chi connectivity index (χ4v) is 5.63. The summed E-state index contributed by atoms with van der Waals surface area (Å²) in [4.78, 5) is 17.1. The van der Waals surface area contributed by atoms with Crippen LogP contribution in [0.1, 0.15) is 10.4 Å². The predicted molar refractivity (Wildman–Crippen MR) is 127 cm³/mol. The molecule has 2 aromatic carbocycles. The van der Waals surface area contributed by atoms with Crippen molar-refractivity contribution in [1.82, 2.24) is 24.8 Å². The second-order valence-corrected chi connectivity index (χ2v) is 10.3. The third-order valence-electron chi connectivity index (χ3n) is 5.14. The first kappa shape index (κ1) is 24.2. The van der Waals surface area contributed by atoms with E-state index in [-0.39, 0.29) is 35.2 Å². The maximum absolute atomic E-state index is 13.1. The Morgan fingerprint density at radius 1 is 1.21 bits per heavy atom. The Balaban J connectivity index is 1.36. The number of sulfonamides is 1. The minimum Gasteiger partial charge on any atom is -0.495 e. The number of amides is 1. The molecule has 1 aliphatic heterocycles. The molecule has 1 aromatic heterocycles. The van der Waals surface area contributed by atoms with Crippen LogP contribution in [0.15, 0.2) is 58.6 Å². The smallest absolute Gasteiger partial charge is 0.251 e. The van der Waals surface area contributed by atoms with Crippen LogP contribution in [-0.4, -0.2) is 79.5 Å². The summed E-state index contributed by atoms with van der Waals surface area (Å²) in [6.45, 7) is 1.53. The van der Waals surface area contributed by atoms with Crippen molar-refractivity contribution in [1.29, 1.82) is 0 Å². The van der Waals surface area contributed by atoms with Gasteiger partial charge in [-0.3, -0.25) is 9.89 Å². The van der Waals surface area contributed by atoms with Crippen LogP contribution in [0.5, 0.6) is 5.75 Å². The van der Waals surface area contributed by atoms with E-state index in [1.54, 1.807) is 6.07 Å². The zero-order chi connectivity index (χ0) is 24.0. The van der Waals surface area contributed by atoms with Gasteiger partial charge >= 0.3 is 0 Å². The molecule has 4 rings (SSSR count). The van der Waals surface area contributed by atoms with Crippen LogP contribution in [-0.2, 0) is 14.8 Å². The Morgan fingerprint density at radius 2 is 1.97 bits per heavy atom. The van der Waals surface area contributed by atoms with Crippen molar-refractivity contribution in [3.8, 4) is 17.1 Å². The number of rotatable bonds is 9. The molecule has 0 atom stereocenters. The van der Waals surface area contributed by atoms with E-state index in [4.69, 9.17) is 9.47 Å². The van der Waals surface area contributed by atoms with E-state index < -0.39 is 10.0 Å². The minimum atomic E-state index is -3.82. The van der Waals surface area contributed by atoms with Gasteiger partial charge in [-0.15, -0.1) is 5.10 Å². The number of nitrogens with zero attached hydrogens (tertiary/aromatic N) is 3. The highest BCUT2D eigenvalue weighted by Crippen LogP contribution is 2.28. The summed E-state index contributed by atoms with van der Waals surface area (Å²) < 4.78 is 38.0. The van der Waals surface area contributed by atoms with Crippen molar-refractivity contribution in [3.63, 3.8) is 0 Å². The molecule has 12 heteroatoms. The lowest BCUT2D eigenvalue weighted by Crippen LogP contribution is -2.40. The Bertz CT molecular complexity index is 1230. The number of H-pyrrole nitrogens is 1. The molecule has 34 heavy (non-hydrogen) atoms. The molecule has 1 aliphatic rings. The summed E-state index contributed by atoms with van der Waals surface area (Å²) in [6.07, 6.45) is 0. The van der Waals surface area contributed by atoms with Gasteiger partial charge in [-0.05, 0) is 18.2 Å². The summed E-state index contributed by atoms with van der Waals surface area (Å²) in [5.74, 6) is 1.05. The van der Waals surface area contributed by atoms with Crippen molar-refractivity contribution in [2.75, 3.05) is 45.7 Å². The molecule has 3 aromatic rings. The summed E-state index contributed by atoms with van der Waals surface area (Å²) in [5.41, 5.74) is 1.18. The number of thioether (sulfide) groups is 1.